The predicted molar refractivity (Wildman–Crippen MR) is 177 cm³/mol. The second-order valence-corrected chi connectivity index (χ2v) is 12.2. The molecule has 15 heteroatoms. The molecule has 266 valence electrons. The van der Waals surface area contributed by atoms with E-state index in [1.165, 1.54) is 30.3 Å². The molecule has 0 atom stereocenters. The lowest BCUT2D eigenvalue weighted by atomic mass is 10.1. The summed E-state index contributed by atoms with van der Waals surface area (Å²) >= 11 is 0. The van der Waals surface area contributed by atoms with Gasteiger partial charge in [-0.05, 0) is 78.9 Å². The van der Waals surface area contributed by atoms with E-state index in [1.807, 2.05) is 0 Å². The van der Waals surface area contributed by atoms with E-state index in [0.29, 0.717) is 22.7 Å². The molecule has 0 bridgehead atoms. The Labute approximate surface area is 289 Å². The van der Waals surface area contributed by atoms with Crippen LogP contribution >= 0.6 is 0 Å². The largest absolute Gasteiger partial charge is 0.632 e. The third kappa shape index (κ3) is 7.94. The molecule has 1 saturated heterocycles. The molecular formula is C36H32F5N5O5. The van der Waals surface area contributed by atoms with Crippen LogP contribution in [0.2, 0.25) is 0 Å². The summed E-state index contributed by atoms with van der Waals surface area (Å²) in [6.07, 6.45) is -3.10. The summed E-state index contributed by atoms with van der Waals surface area (Å²) in [5, 5.41) is 14.1. The van der Waals surface area contributed by atoms with Crippen molar-refractivity contribution in [3.8, 4) is 17.4 Å². The van der Waals surface area contributed by atoms with Crippen LogP contribution < -0.4 is 14.4 Å². The van der Waals surface area contributed by atoms with Crippen molar-refractivity contribution in [3.63, 3.8) is 0 Å². The van der Waals surface area contributed by atoms with Crippen molar-refractivity contribution < 1.29 is 45.7 Å². The molecule has 5 aromatic rings. The van der Waals surface area contributed by atoms with E-state index in [4.69, 9.17) is 4.74 Å². The lowest BCUT2D eigenvalue weighted by Gasteiger charge is -2.48. The number of halogens is 5. The lowest BCUT2D eigenvalue weighted by molar-refractivity contribution is -0.897. The van der Waals surface area contributed by atoms with Gasteiger partial charge in [0.1, 0.15) is 23.7 Å². The number of alkyl halides is 5. The summed E-state index contributed by atoms with van der Waals surface area (Å²) in [7, 11) is 3.26. The number of hydrogen-bond acceptors (Lipinski definition) is 6. The molecule has 6 rings (SSSR count). The first-order valence-electron chi connectivity index (χ1n) is 15.8. The third-order valence-corrected chi connectivity index (χ3v) is 8.79. The van der Waals surface area contributed by atoms with Gasteiger partial charge in [0.2, 0.25) is 5.88 Å². The smallest absolute Gasteiger partial charge is 0.416 e. The topological polar surface area (TPSA) is 100.0 Å². The number of rotatable bonds is 9. The van der Waals surface area contributed by atoms with Gasteiger partial charge in [-0.1, -0.05) is 0 Å². The van der Waals surface area contributed by atoms with Crippen molar-refractivity contribution in [1.82, 2.24) is 14.5 Å². The number of amides is 2. The number of nitrogens with zero attached hydrogens (tertiary/aromatic N) is 5. The Morgan fingerprint density at radius 1 is 0.941 bits per heavy atom. The van der Waals surface area contributed by atoms with Crippen LogP contribution in [0.25, 0.3) is 10.9 Å². The summed E-state index contributed by atoms with van der Waals surface area (Å²) in [6, 6.07) is 20.1. The van der Waals surface area contributed by atoms with E-state index in [-0.39, 0.29) is 55.8 Å². The van der Waals surface area contributed by atoms with Gasteiger partial charge in [0, 0.05) is 42.2 Å². The normalized spacial score (nSPS) is 14.5. The SMILES string of the molecule is CN(C(=O)c1ccc(C(F)(F)F)cc1)c1ccc(Oc2ccc3c(c2)cc(C(=O)N2CC[N+]([O-])(Cc4ccc(OC(F)F)cc4)CC2)n3C)nc1. The zero-order chi connectivity index (χ0) is 36.5. The summed E-state index contributed by atoms with van der Waals surface area (Å²) in [5.41, 5.74) is 1.54. The third-order valence-electron chi connectivity index (χ3n) is 8.79. The summed E-state index contributed by atoms with van der Waals surface area (Å²) in [5.74, 6) is -0.0407. The Morgan fingerprint density at radius 2 is 1.61 bits per heavy atom. The minimum absolute atomic E-state index is 0.0162. The van der Waals surface area contributed by atoms with E-state index in [0.717, 1.165) is 35.2 Å². The van der Waals surface area contributed by atoms with E-state index < -0.39 is 28.9 Å². The maximum atomic E-state index is 13.5. The molecule has 10 nitrogen and oxygen atoms in total. The molecular weight excluding hydrogens is 677 g/mol. The fraction of sp³-hybridized carbons (Fsp3) is 0.250. The van der Waals surface area contributed by atoms with Gasteiger partial charge < -0.3 is 33.7 Å². The van der Waals surface area contributed by atoms with Crippen molar-refractivity contribution in [3.05, 3.63) is 119 Å². The van der Waals surface area contributed by atoms with Gasteiger partial charge in [-0.15, -0.1) is 0 Å². The highest BCUT2D eigenvalue weighted by Crippen LogP contribution is 2.31. The average Bonchev–Trinajstić information content (AvgIpc) is 3.43. The molecule has 3 heterocycles. The van der Waals surface area contributed by atoms with Crippen LogP contribution in [0, 0.1) is 5.21 Å². The van der Waals surface area contributed by atoms with Crippen molar-refractivity contribution in [2.24, 2.45) is 7.05 Å². The van der Waals surface area contributed by atoms with Crippen molar-refractivity contribution >= 4 is 28.4 Å². The number of hydroxylamine groups is 3. The Morgan fingerprint density at radius 3 is 2.22 bits per heavy atom. The minimum atomic E-state index is -4.50. The number of carbonyl (C=O) groups excluding carboxylic acids is 2. The number of fused-ring (bicyclic) bond motifs is 1. The highest BCUT2D eigenvalue weighted by Gasteiger charge is 2.31. The molecule has 3 aromatic carbocycles. The zero-order valence-electron chi connectivity index (χ0n) is 27.4. The summed E-state index contributed by atoms with van der Waals surface area (Å²) < 4.78 is 75.0. The molecule has 0 spiro atoms. The van der Waals surface area contributed by atoms with Crippen LogP contribution in [0.4, 0.5) is 27.6 Å². The Balaban J connectivity index is 1.07. The monoisotopic (exact) mass is 709 g/mol. The molecule has 1 aliphatic heterocycles. The number of ether oxygens (including phenoxy) is 2. The van der Waals surface area contributed by atoms with E-state index in [9.17, 15) is 36.7 Å². The number of carbonyl (C=O) groups is 2. The first-order chi connectivity index (χ1) is 24.2. The number of pyridine rings is 1. The molecule has 0 radical (unpaired) electrons. The standard InChI is InChI=1S/C36H32F5N5O5/c1-43(33(47)24-5-7-26(8-6-24)36(39,40)41)27-9-14-32(42-21-27)50-29-12-13-30-25(19-29)20-31(44(30)2)34(48)45-15-17-46(49,18-16-45)22-23-3-10-28(11-4-23)51-35(37)38/h3-14,19-21,35H,15-18,22H2,1-2H3. The second-order valence-electron chi connectivity index (χ2n) is 12.2. The first-order valence-corrected chi connectivity index (χ1v) is 15.8. The minimum Gasteiger partial charge on any atom is -0.632 e. The summed E-state index contributed by atoms with van der Waals surface area (Å²) in [6.45, 7) is -1.94. The average molecular weight is 710 g/mol. The maximum absolute atomic E-state index is 13.5. The van der Waals surface area contributed by atoms with Crippen molar-refractivity contribution in [2.75, 3.05) is 38.1 Å². The Hall–Kier alpha value is -5.54. The molecule has 0 aliphatic carbocycles. The van der Waals surface area contributed by atoms with Gasteiger partial charge in [-0.2, -0.15) is 22.0 Å². The summed E-state index contributed by atoms with van der Waals surface area (Å²) in [4.78, 5) is 33.6. The second kappa shape index (κ2) is 14.0. The number of piperazine rings is 1. The van der Waals surface area contributed by atoms with Crippen molar-refractivity contribution in [2.45, 2.75) is 19.3 Å². The van der Waals surface area contributed by atoms with E-state index in [1.54, 1.807) is 65.0 Å². The lowest BCUT2D eigenvalue weighted by Crippen LogP contribution is -2.56. The van der Waals surface area contributed by atoms with Gasteiger partial charge in [0.25, 0.3) is 11.8 Å². The Kier molecular flexibility index (Phi) is 9.68. The van der Waals surface area contributed by atoms with Crippen LogP contribution in [0.5, 0.6) is 17.4 Å². The number of benzene rings is 3. The van der Waals surface area contributed by atoms with Gasteiger partial charge in [0.15, 0.2) is 0 Å². The number of hydrogen-bond donors (Lipinski definition) is 0. The van der Waals surface area contributed by atoms with Gasteiger partial charge in [0.05, 0.1) is 43.6 Å². The van der Waals surface area contributed by atoms with Gasteiger partial charge in [-0.25, -0.2) is 4.98 Å². The van der Waals surface area contributed by atoms with Gasteiger partial charge >= 0.3 is 12.8 Å². The molecule has 0 saturated carbocycles. The highest BCUT2D eigenvalue weighted by atomic mass is 19.4. The van der Waals surface area contributed by atoms with Crippen LogP contribution in [0.1, 0.15) is 32.0 Å². The van der Waals surface area contributed by atoms with Crippen LogP contribution in [-0.2, 0) is 19.8 Å². The van der Waals surface area contributed by atoms with E-state index in [2.05, 4.69) is 9.72 Å². The first kappa shape index (κ1) is 35.3. The fourth-order valence-electron chi connectivity index (χ4n) is 5.92. The number of aromatic nitrogens is 2. The number of quaternary nitrogens is 1. The number of anilines is 1. The fourth-order valence-corrected chi connectivity index (χ4v) is 5.92. The zero-order valence-corrected chi connectivity index (χ0v) is 27.4. The quantitative estimate of drug-likeness (QED) is 0.0910. The molecule has 1 aliphatic rings. The van der Waals surface area contributed by atoms with Crippen LogP contribution in [0.3, 0.4) is 0 Å². The van der Waals surface area contributed by atoms with E-state index >= 15 is 0 Å². The molecule has 0 unspecified atom stereocenters. The molecule has 2 aromatic heterocycles. The molecule has 0 N–H and O–H groups in total. The molecule has 2 amide bonds. The molecule has 51 heavy (non-hydrogen) atoms. The predicted octanol–water partition coefficient (Wildman–Crippen LogP) is 7.23. The van der Waals surface area contributed by atoms with Crippen LogP contribution in [0.15, 0.2) is 91.1 Å². The maximum Gasteiger partial charge on any atom is 0.416 e. The Bertz CT molecular complexity index is 2030. The highest BCUT2D eigenvalue weighted by molar-refractivity contribution is 6.05. The molecule has 1 fully saturated rings. The number of aryl methyl sites for hydroxylation is 1. The van der Waals surface area contributed by atoms with Gasteiger partial charge in [-0.3, -0.25) is 9.59 Å². The van der Waals surface area contributed by atoms with Crippen molar-refractivity contribution in [1.29, 1.82) is 0 Å². The van der Waals surface area contributed by atoms with Crippen LogP contribution in [-0.4, -0.2) is 70.7 Å².